The van der Waals surface area contributed by atoms with E-state index in [1.807, 2.05) is 32.0 Å². The number of hydrogen-bond donors (Lipinski definition) is 0. The standard InChI is InChI=1S/C17H20O2/c1-12(2)15-10-9-13(3)16(11-15)19-17(18)14-7-5-4-6-8-14/h4-9,15-16H,1,10-11H2,2-3H3/t15-,16+/m0/s1. The second-order valence-corrected chi connectivity index (χ2v) is 5.22. The van der Waals surface area contributed by atoms with Gasteiger partial charge in [-0.05, 0) is 50.3 Å². The maximum Gasteiger partial charge on any atom is 0.338 e. The van der Waals surface area contributed by atoms with Crippen LogP contribution in [0.2, 0.25) is 0 Å². The Kier molecular flexibility index (Phi) is 4.20. The highest BCUT2D eigenvalue weighted by molar-refractivity contribution is 5.89. The van der Waals surface area contributed by atoms with Crippen molar-refractivity contribution in [3.8, 4) is 0 Å². The molecule has 0 aromatic heterocycles. The summed E-state index contributed by atoms with van der Waals surface area (Å²) in [6, 6.07) is 9.13. The Morgan fingerprint density at radius 2 is 2.00 bits per heavy atom. The fourth-order valence-corrected chi connectivity index (χ4v) is 2.32. The van der Waals surface area contributed by atoms with E-state index in [1.54, 1.807) is 12.1 Å². The summed E-state index contributed by atoms with van der Waals surface area (Å²) in [7, 11) is 0. The normalized spacial score (nSPS) is 22.5. The van der Waals surface area contributed by atoms with Gasteiger partial charge in [-0.1, -0.05) is 36.4 Å². The summed E-state index contributed by atoms with van der Waals surface area (Å²) in [6.45, 7) is 8.07. The second-order valence-electron chi connectivity index (χ2n) is 5.22. The van der Waals surface area contributed by atoms with Crippen LogP contribution in [0.3, 0.4) is 0 Å². The lowest BCUT2D eigenvalue weighted by Crippen LogP contribution is -2.26. The quantitative estimate of drug-likeness (QED) is 0.600. The molecule has 100 valence electrons. The predicted octanol–water partition coefficient (Wildman–Crippen LogP) is 4.14. The Morgan fingerprint density at radius 3 is 2.63 bits per heavy atom. The van der Waals surface area contributed by atoms with Crippen LogP contribution < -0.4 is 0 Å². The van der Waals surface area contributed by atoms with Crippen LogP contribution in [-0.4, -0.2) is 12.1 Å². The van der Waals surface area contributed by atoms with E-state index in [1.165, 1.54) is 0 Å². The first-order chi connectivity index (χ1) is 9.08. The van der Waals surface area contributed by atoms with E-state index in [-0.39, 0.29) is 12.1 Å². The van der Waals surface area contributed by atoms with Crippen molar-refractivity contribution < 1.29 is 9.53 Å². The van der Waals surface area contributed by atoms with Gasteiger partial charge in [0.25, 0.3) is 0 Å². The lowest BCUT2D eigenvalue weighted by atomic mass is 9.84. The second kappa shape index (κ2) is 5.87. The molecule has 0 unspecified atom stereocenters. The van der Waals surface area contributed by atoms with Crippen LogP contribution in [0.25, 0.3) is 0 Å². The molecule has 0 saturated carbocycles. The zero-order chi connectivity index (χ0) is 13.8. The van der Waals surface area contributed by atoms with E-state index in [2.05, 4.69) is 12.7 Å². The SMILES string of the molecule is C=C(C)[C@H]1CC=C(C)[C@H](OC(=O)c2ccccc2)C1. The zero-order valence-corrected chi connectivity index (χ0v) is 11.6. The molecule has 19 heavy (non-hydrogen) atoms. The van der Waals surface area contributed by atoms with Crippen LogP contribution in [-0.2, 0) is 4.74 Å². The lowest BCUT2D eigenvalue weighted by molar-refractivity contribution is 0.0323. The monoisotopic (exact) mass is 256 g/mol. The van der Waals surface area contributed by atoms with E-state index in [0.717, 1.165) is 24.0 Å². The van der Waals surface area contributed by atoms with Crippen LogP contribution in [0.15, 0.2) is 54.1 Å². The third kappa shape index (κ3) is 3.34. The number of carbonyl (C=O) groups is 1. The third-order valence-corrected chi connectivity index (χ3v) is 3.69. The summed E-state index contributed by atoms with van der Waals surface area (Å²) in [5.41, 5.74) is 2.90. The molecule has 2 heteroatoms. The number of carbonyl (C=O) groups excluding carboxylic acids is 1. The Morgan fingerprint density at radius 1 is 1.32 bits per heavy atom. The first kappa shape index (κ1) is 13.6. The van der Waals surface area contributed by atoms with E-state index < -0.39 is 0 Å². The van der Waals surface area contributed by atoms with Crippen molar-refractivity contribution in [2.75, 3.05) is 0 Å². The Hall–Kier alpha value is -1.83. The number of allylic oxidation sites excluding steroid dienone is 2. The van der Waals surface area contributed by atoms with Crippen molar-refractivity contribution in [1.29, 1.82) is 0 Å². The molecule has 0 bridgehead atoms. The van der Waals surface area contributed by atoms with Crippen LogP contribution in [0, 0.1) is 5.92 Å². The van der Waals surface area contributed by atoms with Gasteiger partial charge in [-0.25, -0.2) is 4.79 Å². The lowest BCUT2D eigenvalue weighted by Gasteiger charge is -2.28. The van der Waals surface area contributed by atoms with Crippen LogP contribution >= 0.6 is 0 Å². The van der Waals surface area contributed by atoms with Gasteiger partial charge in [-0.15, -0.1) is 0 Å². The number of esters is 1. The van der Waals surface area contributed by atoms with Gasteiger partial charge in [-0.2, -0.15) is 0 Å². The van der Waals surface area contributed by atoms with E-state index >= 15 is 0 Å². The molecule has 1 aromatic carbocycles. The van der Waals surface area contributed by atoms with Gasteiger partial charge in [0.15, 0.2) is 0 Å². The van der Waals surface area contributed by atoms with Crippen molar-refractivity contribution in [3.05, 3.63) is 59.7 Å². The van der Waals surface area contributed by atoms with Gasteiger partial charge in [0.1, 0.15) is 6.10 Å². The molecule has 0 spiro atoms. The zero-order valence-electron chi connectivity index (χ0n) is 11.6. The molecule has 0 fully saturated rings. The molecule has 2 rings (SSSR count). The van der Waals surface area contributed by atoms with Crippen molar-refractivity contribution in [2.24, 2.45) is 5.92 Å². The maximum atomic E-state index is 12.1. The summed E-state index contributed by atoms with van der Waals surface area (Å²) in [5, 5.41) is 0. The molecule has 0 N–H and O–H groups in total. The molecular formula is C17H20O2. The number of ether oxygens (including phenoxy) is 1. The molecule has 1 aromatic rings. The fraction of sp³-hybridized carbons (Fsp3) is 0.353. The highest BCUT2D eigenvalue weighted by Gasteiger charge is 2.25. The van der Waals surface area contributed by atoms with Gasteiger partial charge >= 0.3 is 5.97 Å². The van der Waals surface area contributed by atoms with Crippen LogP contribution in [0.4, 0.5) is 0 Å². The Labute approximate surface area is 114 Å². The molecule has 1 aliphatic rings. The molecule has 1 aliphatic carbocycles. The van der Waals surface area contributed by atoms with Crippen molar-refractivity contribution in [1.82, 2.24) is 0 Å². The van der Waals surface area contributed by atoms with E-state index in [9.17, 15) is 4.79 Å². The van der Waals surface area contributed by atoms with Crippen molar-refractivity contribution in [2.45, 2.75) is 32.8 Å². The minimum Gasteiger partial charge on any atom is -0.454 e. The minimum absolute atomic E-state index is 0.122. The van der Waals surface area contributed by atoms with Gasteiger partial charge in [0.2, 0.25) is 0 Å². The summed E-state index contributed by atoms with van der Waals surface area (Å²) in [5.74, 6) is 0.165. The van der Waals surface area contributed by atoms with E-state index in [0.29, 0.717) is 11.5 Å². The third-order valence-electron chi connectivity index (χ3n) is 3.69. The van der Waals surface area contributed by atoms with Crippen LogP contribution in [0.1, 0.15) is 37.0 Å². The summed E-state index contributed by atoms with van der Waals surface area (Å²) >= 11 is 0. The molecule has 0 saturated heterocycles. The van der Waals surface area contributed by atoms with Gasteiger partial charge in [-0.3, -0.25) is 0 Å². The average molecular weight is 256 g/mol. The minimum atomic E-state index is -0.249. The first-order valence-electron chi connectivity index (χ1n) is 6.66. The maximum absolute atomic E-state index is 12.1. The summed E-state index contributed by atoms with van der Waals surface area (Å²) in [4.78, 5) is 12.1. The predicted molar refractivity (Wildman–Crippen MR) is 76.9 cm³/mol. The molecule has 0 amide bonds. The largest absolute Gasteiger partial charge is 0.454 e. The molecule has 0 radical (unpaired) electrons. The van der Waals surface area contributed by atoms with E-state index in [4.69, 9.17) is 4.74 Å². The van der Waals surface area contributed by atoms with Crippen molar-refractivity contribution >= 4 is 5.97 Å². The topological polar surface area (TPSA) is 26.3 Å². The summed E-state index contributed by atoms with van der Waals surface area (Å²) in [6.07, 6.45) is 3.88. The van der Waals surface area contributed by atoms with Crippen molar-refractivity contribution in [3.63, 3.8) is 0 Å². The Bertz CT molecular complexity index is 499. The number of rotatable bonds is 3. The molecular weight excluding hydrogens is 236 g/mol. The highest BCUT2D eigenvalue weighted by Crippen LogP contribution is 2.30. The first-order valence-corrected chi connectivity index (χ1v) is 6.66. The smallest absolute Gasteiger partial charge is 0.338 e. The van der Waals surface area contributed by atoms with Gasteiger partial charge in [0.05, 0.1) is 5.56 Å². The summed E-state index contributed by atoms with van der Waals surface area (Å²) < 4.78 is 5.62. The average Bonchev–Trinajstić information content (AvgIpc) is 2.42. The molecule has 0 heterocycles. The fourth-order valence-electron chi connectivity index (χ4n) is 2.32. The van der Waals surface area contributed by atoms with Gasteiger partial charge < -0.3 is 4.74 Å². The Balaban J connectivity index is 2.06. The number of hydrogen-bond acceptors (Lipinski definition) is 2. The molecule has 2 atom stereocenters. The van der Waals surface area contributed by atoms with Crippen LogP contribution in [0.5, 0.6) is 0 Å². The molecule has 2 nitrogen and oxygen atoms in total. The molecule has 0 aliphatic heterocycles. The van der Waals surface area contributed by atoms with Gasteiger partial charge in [0, 0.05) is 0 Å². The number of benzene rings is 1. The highest BCUT2D eigenvalue weighted by atomic mass is 16.5.